The van der Waals surface area contributed by atoms with Crippen molar-refractivity contribution >= 4 is 10.9 Å². The van der Waals surface area contributed by atoms with E-state index in [2.05, 4.69) is 19.2 Å². The highest BCUT2D eigenvalue weighted by Crippen LogP contribution is 2.20. The quantitative estimate of drug-likeness (QED) is 0.685. The van der Waals surface area contributed by atoms with E-state index in [9.17, 15) is 4.79 Å². The summed E-state index contributed by atoms with van der Waals surface area (Å²) in [6.45, 7) is 9.78. The van der Waals surface area contributed by atoms with Crippen molar-refractivity contribution < 1.29 is 4.74 Å². The molecule has 0 spiro atoms. The van der Waals surface area contributed by atoms with Crippen molar-refractivity contribution in [1.29, 1.82) is 0 Å². The van der Waals surface area contributed by atoms with Crippen LogP contribution < -0.4 is 15.6 Å². The normalized spacial score (nSPS) is 12.5. The van der Waals surface area contributed by atoms with Gasteiger partial charge < -0.3 is 10.1 Å². The lowest BCUT2D eigenvalue weighted by atomic mass is 10.1. The van der Waals surface area contributed by atoms with E-state index >= 15 is 0 Å². The second kappa shape index (κ2) is 8.35. The third kappa shape index (κ3) is 4.19. The van der Waals surface area contributed by atoms with Crippen LogP contribution in [0.5, 0.6) is 5.75 Å². The third-order valence-electron chi connectivity index (χ3n) is 4.43. The number of hydrogen-bond donors (Lipinski definition) is 1. The van der Waals surface area contributed by atoms with Crippen LogP contribution in [-0.2, 0) is 0 Å². The van der Waals surface area contributed by atoms with Gasteiger partial charge in [0, 0.05) is 0 Å². The molecule has 0 bridgehead atoms. The largest absolute Gasteiger partial charge is 0.494 e. The number of para-hydroxylation sites is 1. The number of fused-ring (bicyclic) bond motifs is 1. The molecule has 0 radical (unpaired) electrons. The first kappa shape index (κ1) is 19.1. The number of aromatic nitrogens is 2. The second-order valence-electron chi connectivity index (χ2n) is 7.08. The highest BCUT2D eigenvalue weighted by Gasteiger charge is 2.18. The predicted octanol–water partition coefficient (Wildman–Crippen LogP) is 4.09. The first-order chi connectivity index (χ1) is 13.0. The fourth-order valence-electron chi connectivity index (χ4n) is 3.05. The van der Waals surface area contributed by atoms with Crippen LogP contribution in [0.3, 0.4) is 0 Å². The van der Waals surface area contributed by atoms with Gasteiger partial charge in [-0.1, -0.05) is 26.0 Å². The van der Waals surface area contributed by atoms with Crippen LogP contribution in [0.4, 0.5) is 0 Å². The van der Waals surface area contributed by atoms with E-state index in [-0.39, 0.29) is 11.6 Å². The van der Waals surface area contributed by atoms with E-state index in [4.69, 9.17) is 9.72 Å². The maximum absolute atomic E-state index is 13.3. The summed E-state index contributed by atoms with van der Waals surface area (Å²) in [6, 6.07) is 15.0. The first-order valence-corrected chi connectivity index (χ1v) is 9.49. The Kier molecular flexibility index (Phi) is 5.91. The Bertz CT molecular complexity index is 961. The van der Waals surface area contributed by atoms with E-state index in [1.807, 2.05) is 62.4 Å². The monoisotopic (exact) mass is 365 g/mol. The first-order valence-electron chi connectivity index (χ1n) is 9.49. The fraction of sp³-hybridized carbons (Fsp3) is 0.364. The fourth-order valence-corrected chi connectivity index (χ4v) is 3.05. The zero-order valence-corrected chi connectivity index (χ0v) is 16.4. The number of nitrogens with one attached hydrogen (secondary N) is 1. The van der Waals surface area contributed by atoms with E-state index in [0.717, 1.165) is 23.5 Å². The highest BCUT2D eigenvalue weighted by molar-refractivity contribution is 5.77. The minimum absolute atomic E-state index is 0.0574. The molecule has 0 fully saturated rings. The molecule has 1 N–H and O–H groups in total. The smallest absolute Gasteiger partial charge is 0.266 e. The molecule has 3 rings (SSSR count). The minimum atomic E-state index is -0.0590. The molecular formula is C22H27N3O2. The van der Waals surface area contributed by atoms with E-state index in [1.165, 1.54) is 0 Å². The molecule has 0 aliphatic rings. The average Bonchev–Trinajstić information content (AvgIpc) is 2.67. The van der Waals surface area contributed by atoms with Gasteiger partial charge in [-0.15, -0.1) is 0 Å². The molecule has 0 aliphatic carbocycles. The Hall–Kier alpha value is -2.66. The molecule has 1 atom stereocenters. The van der Waals surface area contributed by atoms with Crippen LogP contribution in [0, 0.1) is 5.92 Å². The van der Waals surface area contributed by atoms with E-state index in [1.54, 1.807) is 4.57 Å². The number of rotatable bonds is 7. The summed E-state index contributed by atoms with van der Waals surface area (Å²) in [7, 11) is 0. The lowest BCUT2D eigenvalue weighted by Gasteiger charge is -2.20. The SMILES string of the molecule is CCOc1ccc(-n2c([C@@H](C)NCC(C)C)nc3ccccc3c2=O)cc1. The molecule has 0 saturated carbocycles. The van der Waals surface area contributed by atoms with Crippen molar-refractivity contribution in [3.05, 3.63) is 64.7 Å². The van der Waals surface area contributed by atoms with Crippen molar-refractivity contribution in [1.82, 2.24) is 14.9 Å². The van der Waals surface area contributed by atoms with Gasteiger partial charge in [-0.2, -0.15) is 0 Å². The van der Waals surface area contributed by atoms with Gasteiger partial charge in [0.1, 0.15) is 11.6 Å². The van der Waals surface area contributed by atoms with Gasteiger partial charge >= 0.3 is 0 Å². The molecule has 1 aromatic heterocycles. The van der Waals surface area contributed by atoms with Gasteiger partial charge in [-0.25, -0.2) is 4.98 Å². The minimum Gasteiger partial charge on any atom is -0.494 e. The Balaban J connectivity index is 2.14. The summed E-state index contributed by atoms with van der Waals surface area (Å²) in [6.07, 6.45) is 0. The molecule has 5 nitrogen and oxygen atoms in total. The summed E-state index contributed by atoms with van der Waals surface area (Å²) in [5.74, 6) is 2.01. The Morgan fingerprint density at radius 2 is 1.78 bits per heavy atom. The van der Waals surface area contributed by atoms with Gasteiger partial charge in [-0.05, 0) is 62.7 Å². The molecule has 3 aromatic rings. The van der Waals surface area contributed by atoms with E-state index < -0.39 is 0 Å². The molecule has 0 aliphatic heterocycles. The van der Waals surface area contributed by atoms with Crippen molar-refractivity contribution in [3.63, 3.8) is 0 Å². The Morgan fingerprint density at radius 1 is 1.07 bits per heavy atom. The topological polar surface area (TPSA) is 56.1 Å². The van der Waals surface area contributed by atoms with Gasteiger partial charge in [0.05, 0.1) is 29.2 Å². The number of ether oxygens (including phenoxy) is 1. The summed E-state index contributed by atoms with van der Waals surface area (Å²) < 4.78 is 7.23. The summed E-state index contributed by atoms with van der Waals surface area (Å²) in [5, 5.41) is 4.10. The van der Waals surface area contributed by atoms with Gasteiger partial charge in [0.25, 0.3) is 5.56 Å². The second-order valence-corrected chi connectivity index (χ2v) is 7.08. The van der Waals surface area contributed by atoms with Crippen molar-refractivity contribution in [2.75, 3.05) is 13.2 Å². The predicted molar refractivity (Wildman–Crippen MR) is 110 cm³/mol. The molecule has 2 aromatic carbocycles. The van der Waals surface area contributed by atoms with Crippen molar-refractivity contribution in [3.8, 4) is 11.4 Å². The number of benzene rings is 2. The molecule has 0 saturated heterocycles. The Morgan fingerprint density at radius 3 is 2.44 bits per heavy atom. The number of hydrogen-bond acceptors (Lipinski definition) is 4. The van der Waals surface area contributed by atoms with Crippen LogP contribution in [0.25, 0.3) is 16.6 Å². The average molecular weight is 365 g/mol. The lowest BCUT2D eigenvalue weighted by molar-refractivity contribution is 0.340. The van der Waals surface area contributed by atoms with E-state index in [0.29, 0.717) is 23.7 Å². The maximum Gasteiger partial charge on any atom is 0.266 e. The van der Waals surface area contributed by atoms with Crippen LogP contribution in [0.2, 0.25) is 0 Å². The van der Waals surface area contributed by atoms with Crippen molar-refractivity contribution in [2.45, 2.75) is 33.7 Å². The highest BCUT2D eigenvalue weighted by atomic mass is 16.5. The zero-order valence-electron chi connectivity index (χ0n) is 16.4. The standard InChI is InChI=1S/C22H27N3O2/c1-5-27-18-12-10-17(11-13-18)25-21(16(4)23-14-15(2)3)24-20-9-7-6-8-19(20)22(25)26/h6-13,15-16,23H,5,14H2,1-4H3/t16-/m1/s1. The zero-order chi connectivity index (χ0) is 19.4. The van der Waals surface area contributed by atoms with Crippen LogP contribution in [0.1, 0.15) is 39.6 Å². The molecule has 27 heavy (non-hydrogen) atoms. The molecular weight excluding hydrogens is 338 g/mol. The maximum atomic E-state index is 13.3. The van der Waals surface area contributed by atoms with Gasteiger partial charge in [0.15, 0.2) is 0 Å². The molecule has 5 heteroatoms. The third-order valence-corrected chi connectivity index (χ3v) is 4.43. The van der Waals surface area contributed by atoms with Crippen LogP contribution >= 0.6 is 0 Å². The van der Waals surface area contributed by atoms with Crippen molar-refractivity contribution in [2.24, 2.45) is 5.92 Å². The summed E-state index contributed by atoms with van der Waals surface area (Å²) >= 11 is 0. The molecule has 0 unspecified atom stereocenters. The van der Waals surface area contributed by atoms with Crippen LogP contribution in [0.15, 0.2) is 53.3 Å². The molecule has 1 heterocycles. The van der Waals surface area contributed by atoms with Gasteiger partial charge in [0.2, 0.25) is 0 Å². The summed E-state index contributed by atoms with van der Waals surface area (Å²) in [4.78, 5) is 18.1. The van der Waals surface area contributed by atoms with Crippen LogP contribution in [-0.4, -0.2) is 22.7 Å². The van der Waals surface area contributed by atoms with Gasteiger partial charge in [-0.3, -0.25) is 9.36 Å². The Labute approximate surface area is 160 Å². The molecule has 142 valence electrons. The lowest BCUT2D eigenvalue weighted by Crippen LogP contribution is -2.31. The summed E-state index contributed by atoms with van der Waals surface area (Å²) in [5.41, 5.74) is 1.45. The molecule has 0 amide bonds. The number of nitrogens with zero attached hydrogens (tertiary/aromatic N) is 2.